The van der Waals surface area contributed by atoms with Crippen molar-refractivity contribution >= 4 is 12.0 Å². The van der Waals surface area contributed by atoms with E-state index in [1.54, 1.807) is 0 Å². The Bertz CT molecular complexity index is 364. The number of carboxylic acids is 1. The number of aliphatic carboxylic acids is 1. The standard InChI is InChI=1S/C13H23N3O4/c1-20-8-5-10(12(17)18)15-13(19)14-9-4-7-16-6-2-3-11(9)16/h9-11H,2-8H2,1H3,(H,17,18)(H2,14,15,19). The van der Waals surface area contributed by atoms with Crippen LogP contribution in [0, 0.1) is 0 Å². The van der Waals surface area contributed by atoms with Gasteiger partial charge in [-0.3, -0.25) is 4.90 Å². The van der Waals surface area contributed by atoms with Gasteiger partial charge < -0.3 is 20.5 Å². The molecule has 2 rings (SSSR count). The summed E-state index contributed by atoms with van der Waals surface area (Å²) in [7, 11) is 1.51. The van der Waals surface area contributed by atoms with Gasteiger partial charge in [0.05, 0.1) is 0 Å². The lowest BCUT2D eigenvalue weighted by Gasteiger charge is -2.22. The minimum atomic E-state index is -1.04. The Morgan fingerprint density at radius 2 is 2.20 bits per heavy atom. The van der Waals surface area contributed by atoms with Gasteiger partial charge in [0.25, 0.3) is 0 Å². The number of amides is 2. The van der Waals surface area contributed by atoms with Gasteiger partial charge >= 0.3 is 12.0 Å². The average Bonchev–Trinajstić information content (AvgIpc) is 2.99. The minimum absolute atomic E-state index is 0.134. The van der Waals surface area contributed by atoms with Crippen molar-refractivity contribution in [1.29, 1.82) is 0 Å². The molecule has 7 nitrogen and oxygen atoms in total. The van der Waals surface area contributed by atoms with E-state index in [2.05, 4.69) is 15.5 Å². The van der Waals surface area contributed by atoms with Crippen LogP contribution >= 0.6 is 0 Å². The maximum absolute atomic E-state index is 11.9. The van der Waals surface area contributed by atoms with Gasteiger partial charge in [0.15, 0.2) is 0 Å². The molecule has 2 aliphatic heterocycles. The minimum Gasteiger partial charge on any atom is -0.480 e. The number of carbonyl (C=O) groups excluding carboxylic acids is 1. The number of urea groups is 1. The van der Waals surface area contributed by atoms with Gasteiger partial charge in [-0.25, -0.2) is 9.59 Å². The Balaban J connectivity index is 1.80. The fourth-order valence-electron chi connectivity index (χ4n) is 3.11. The average molecular weight is 285 g/mol. The third kappa shape index (κ3) is 3.61. The van der Waals surface area contributed by atoms with Gasteiger partial charge in [0, 0.05) is 38.8 Å². The molecule has 3 unspecified atom stereocenters. The molecule has 2 fully saturated rings. The summed E-state index contributed by atoms with van der Waals surface area (Å²) in [4.78, 5) is 25.4. The molecular formula is C13H23N3O4. The van der Waals surface area contributed by atoms with Crippen molar-refractivity contribution in [3.63, 3.8) is 0 Å². The zero-order chi connectivity index (χ0) is 14.5. The molecule has 0 bridgehead atoms. The second kappa shape index (κ2) is 6.90. The lowest BCUT2D eigenvalue weighted by molar-refractivity contribution is -0.139. The van der Waals surface area contributed by atoms with Crippen molar-refractivity contribution < 1.29 is 19.4 Å². The van der Waals surface area contributed by atoms with Crippen molar-refractivity contribution in [2.75, 3.05) is 26.8 Å². The Hall–Kier alpha value is -1.34. The number of nitrogens with zero attached hydrogens (tertiary/aromatic N) is 1. The largest absolute Gasteiger partial charge is 0.480 e. The van der Waals surface area contributed by atoms with Crippen molar-refractivity contribution in [2.45, 2.75) is 43.8 Å². The van der Waals surface area contributed by atoms with Crippen molar-refractivity contribution in [2.24, 2.45) is 0 Å². The molecule has 3 atom stereocenters. The predicted octanol–water partition coefficient (Wildman–Crippen LogP) is 0.0120. The first-order chi connectivity index (χ1) is 9.61. The molecule has 2 aliphatic rings. The summed E-state index contributed by atoms with van der Waals surface area (Å²) in [6.07, 6.45) is 3.49. The first-order valence-electron chi connectivity index (χ1n) is 7.14. The van der Waals surface area contributed by atoms with E-state index in [-0.39, 0.29) is 12.5 Å². The lowest BCUT2D eigenvalue weighted by atomic mass is 10.1. The molecule has 0 aromatic heterocycles. The predicted molar refractivity (Wildman–Crippen MR) is 72.6 cm³/mol. The summed E-state index contributed by atoms with van der Waals surface area (Å²) in [5.41, 5.74) is 0. The maximum atomic E-state index is 11.9. The highest BCUT2D eigenvalue weighted by Crippen LogP contribution is 2.27. The molecule has 2 saturated heterocycles. The van der Waals surface area contributed by atoms with Crippen molar-refractivity contribution in [3.8, 4) is 0 Å². The topological polar surface area (TPSA) is 90.9 Å². The van der Waals surface area contributed by atoms with E-state index in [1.807, 2.05) is 0 Å². The third-order valence-corrected chi connectivity index (χ3v) is 4.14. The number of carboxylic acid groups (broad SMARTS) is 1. The number of methoxy groups -OCH3 is 1. The van der Waals surface area contributed by atoms with Crippen molar-refractivity contribution in [1.82, 2.24) is 15.5 Å². The van der Waals surface area contributed by atoms with Gasteiger partial charge in [-0.1, -0.05) is 0 Å². The second-order valence-electron chi connectivity index (χ2n) is 5.43. The smallest absolute Gasteiger partial charge is 0.326 e. The van der Waals surface area contributed by atoms with E-state index in [4.69, 9.17) is 9.84 Å². The number of nitrogens with one attached hydrogen (secondary N) is 2. The van der Waals surface area contributed by atoms with Crippen LogP contribution in [0.2, 0.25) is 0 Å². The molecule has 0 aromatic carbocycles. The van der Waals surface area contributed by atoms with Crippen LogP contribution in [0.1, 0.15) is 25.7 Å². The Kier molecular flexibility index (Phi) is 5.19. The van der Waals surface area contributed by atoms with Crippen LogP contribution in [0.4, 0.5) is 4.79 Å². The van der Waals surface area contributed by atoms with Gasteiger partial charge in [-0.05, 0) is 25.8 Å². The zero-order valence-corrected chi connectivity index (χ0v) is 11.8. The SMILES string of the molecule is COCCC(NC(=O)NC1CCN2CCCC12)C(=O)O. The van der Waals surface area contributed by atoms with Crippen LogP contribution in [0.25, 0.3) is 0 Å². The molecule has 3 N–H and O–H groups in total. The number of fused-ring (bicyclic) bond motifs is 1. The fourth-order valence-corrected chi connectivity index (χ4v) is 3.11. The number of rotatable bonds is 6. The van der Waals surface area contributed by atoms with Crippen LogP contribution in [0.15, 0.2) is 0 Å². The molecule has 0 aromatic rings. The number of hydrogen-bond acceptors (Lipinski definition) is 4. The maximum Gasteiger partial charge on any atom is 0.326 e. The quantitative estimate of drug-likeness (QED) is 0.639. The van der Waals surface area contributed by atoms with E-state index in [1.165, 1.54) is 13.5 Å². The normalized spacial score (nSPS) is 27.1. The first kappa shape index (κ1) is 15.1. The first-order valence-corrected chi connectivity index (χ1v) is 7.14. The van der Waals surface area contributed by atoms with Crippen LogP contribution in [0.3, 0.4) is 0 Å². The summed E-state index contributed by atoms with van der Waals surface area (Å²) in [5.74, 6) is -1.04. The molecular weight excluding hydrogens is 262 g/mol. The summed E-state index contributed by atoms with van der Waals surface area (Å²) in [6.45, 7) is 2.43. The zero-order valence-electron chi connectivity index (χ0n) is 11.8. The van der Waals surface area contributed by atoms with E-state index >= 15 is 0 Å². The molecule has 0 saturated carbocycles. The van der Waals surface area contributed by atoms with Gasteiger partial charge in [-0.2, -0.15) is 0 Å². The Labute approximate surface area is 118 Å². The molecule has 2 heterocycles. The van der Waals surface area contributed by atoms with Crippen LogP contribution in [0.5, 0.6) is 0 Å². The van der Waals surface area contributed by atoms with E-state index in [9.17, 15) is 9.59 Å². The highest BCUT2D eigenvalue weighted by Gasteiger charge is 2.38. The van der Waals surface area contributed by atoms with Crippen molar-refractivity contribution in [3.05, 3.63) is 0 Å². The summed E-state index contributed by atoms with van der Waals surface area (Å²) in [6, 6.07) is -0.749. The van der Waals surface area contributed by atoms with Gasteiger partial charge in [0.2, 0.25) is 0 Å². The molecule has 2 amide bonds. The van der Waals surface area contributed by atoms with Crippen LogP contribution in [-0.2, 0) is 9.53 Å². The summed E-state index contributed by atoms with van der Waals surface area (Å²) in [5, 5.41) is 14.5. The Morgan fingerprint density at radius 1 is 1.40 bits per heavy atom. The van der Waals surface area contributed by atoms with Crippen LogP contribution < -0.4 is 10.6 Å². The van der Waals surface area contributed by atoms with E-state index < -0.39 is 18.0 Å². The van der Waals surface area contributed by atoms with E-state index in [0.29, 0.717) is 12.6 Å². The molecule has 20 heavy (non-hydrogen) atoms. The monoisotopic (exact) mass is 285 g/mol. The number of ether oxygens (including phenoxy) is 1. The fraction of sp³-hybridized carbons (Fsp3) is 0.846. The second-order valence-corrected chi connectivity index (χ2v) is 5.43. The highest BCUT2D eigenvalue weighted by atomic mass is 16.5. The van der Waals surface area contributed by atoms with Crippen LogP contribution in [-0.4, -0.2) is 66.9 Å². The van der Waals surface area contributed by atoms with Gasteiger partial charge in [-0.15, -0.1) is 0 Å². The lowest BCUT2D eigenvalue weighted by Crippen LogP contribution is -2.51. The number of hydrogen-bond donors (Lipinski definition) is 3. The molecule has 0 radical (unpaired) electrons. The third-order valence-electron chi connectivity index (χ3n) is 4.14. The van der Waals surface area contributed by atoms with Gasteiger partial charge in [0.1, 0.15) is 6.04 Å². The summed E-state index contributed by atoms with van der Waals surface area (Å²) < 4.78 is 4.85. The molecule has 7 heteroatoms. The summed E-state index contributed by atoms with van der Waals surface area (Å²) >= 11 is 0. The molecule has 0 aliphatic carbocycles. The highest BCUT2D eigenvalue weighted by molar-refractivity contribution is 5.82. The Morgan fingerprint density at radius 3 is 2.90 bits per heavy atom. The molecule has 0 spiro atoms. The molecule has 114 valence electrons. The number of carbonyl (C=O) groups is 2. The van der Waals surface area contributed by atoms with E-state index in [0.717, 1.165) is 25.9 Å².